The van der Waals surface area contributed by atoms with Gasteiger partial charge in [-0.1, -0.05) is 37.8 Å². The van der Waals surface area contributed by atoms with Crippen molar-refractivity contribution in [3.63, 3.8) is 0 Å². The quantitative estimate of drug-likeness (QED) is 0.818. The number of rotatable bonds is 5. The summed E-state index contributed by atoms with van der Waals surface area (Å²) in [6, 6.07) is 6.64. The van der Waals surface area contributed by atoms with Gasteiger partial charge in [0.15, 0.2) is 5.78 Å². The monoisotopic (exact) mass is 291 g/mol. The van der Waals surface area contributed by atoms with E-state index in [1.807, 2.05) is 18.2 Å². The summed E-state index contributed by atoms with van der Waals surface area (Å²) >= 11 is 0. The van der Waals surface area contributed by atoms with Crippen LogP contribution in [0.5, 0.6) is 5.75 Å². The molecule has 0 aromatic heterocycles. The van der Waals surface area contributed by atoms with E-state index in [4.69, 9.17) is 10.5 Å². The Kier molecular flexibility index (Phi) is 5.37. The molecule has 0 heterocycles. The zero-order chi connectivity index (χ0) is 15.3. The maximum absolute atomic E-state index is 11.3. The van der Waals surface area contributed by atoms with Gasteiger partial charge in [-0.2, -0.15) is 0 Å². The highest BCUT2D eigenvalue weighted by atomic mass is 16.5. The van der Waals surface area contributed by atoms with Crippen LogP contribution in [-0.4, -0.2) is 23.1 Å². The normalized spacial score (nSPS) is 19.6. The second kappa shape index (κ2) is 7.05. The molecule has 0 radical (unpaired) electrons. The van der Waals surface area contributed by atoms with Gasteiger partial charge in [0.25, 0.3) is 0 Å². The van der Waals surface area contributed by atoms with Crippen molar-refractivity contribution < 1.29 is 14.6 Å². The molecule has 0 bridgehead atoms. The minimum atomic E-state index is -0.727. The smallest absolute Gasteiger partial charge is 0.150 e. The minimum Gasteiger partial charge on any atom is -0.491 e. The summed E-state index contributed by atoms with van der Waals surface area (Å²) in [5, 5.41) is 10.6. The Balaban J connectivity index is 1.99. The highest BCUT2D eigenvalue weighted by Gasteiger charge is 2.28. The number of ketones is 1. The van der Waals surface area contributed by atoms with Gasteiger partial charge < -0.3 is 15.6 Å². The minimum absolute atomic E-state index is 0.0745. The molecule has 1 saturated carbocycles. The van der Waals surface area contributed by atoms with Crippen LogP contribution >= 0.6 is 0 Å². The number of carbonyl (C=O) groups is 1. The Hall–Kier alpha value is -1.39. The van der Waals surface area contributed by atoms with Crippen molar-refractivity contribution in [1.82, 2.24) is 0 Å². The lowest BCUT2D eigenvalue weighted by atomic mass is 9.96. The molecule has 4 heteroatoms. The molecule has 0 amide bonds. The number of Topliss-reactive ketones (excluding diaryl/α,β-unsaturated/α-hetero) is 1. The Morgan fingerprint density at radius 1 is 1.33 bits per heavy atom. The SMILES string of the molecule is CC(=O)C(N)c1cccc(OCC2(O)CCCCCC2)c1. The van der Waals surface area contributed by atoms with Gasteiger partial charge >= 0.3 is 0 Å². The van der Waals surface area contributed by atoms with Gasteiger partial charge in [0, 0.05) is 0 Å². The summed E-state index contributed by atoms with van der Waals surface area (Å²) in [5.41, 5.74) is 5.85. The van der Waals surface area contributed by atoms with Crippen LogP contribution in [-0.2, 0) is 4.79 Å². The van der Waals surface area contributed by atoms with E-state index >= 15 is 0 Å². The van der Waals surface area contributed by atoms with E-state index in [0.29, 0.717) is 12.4 Å². The molecule has 0 aliphatic heterocycles. The number of ether oxygens (including phenoxy) is 1. The summed E-state index contributed by atoms with van der Waals surface area (Å²) in [4.78, 5) is 11.3. The van der Waals surface area contributed by atoms with Crippen molar-refractivity contribution in [2.45, 2.75) is 57.1 Å². The number of carbonyl (C=O) groups excluding carboxylic acids is 1. The van der Waals surface area contributed by atoms with E-state index in [9.17, 15) is 9.90 Å². The first-order valence-electron chi connectivity index (χ1n) is 7.71. The number of hydrogen-bond acceptors (Lipinski definition) is 4. The molecule has 4 nitrogen and oxygen atoms in total. The number of nitrogens with two attached hydrogens (primary N) is 1. The third-order valence-electron chi connectivity index (χ3n) is 4.20. The maximum Gasteiger partial charge on any atom is 0.150 e. The van der Waals surface area contributed by atoms with E-state index in [-0.39, 0.29) is 5.78 Å². The van der Waals surface area contributed by atoms with Gasteiger partial charge in [-0.05, 0) is 37.5 Å². The molecule has 0 spiro atoms. The topological polar surface area (TPSA) is 72.6 Å². The molecule has 0 saturated heterocycles. The Morgan fingerprint density at radius 2 is 2.00 bits per heavy atom. The fraction of sp³-hybridized carbons (Fsp3) is 0.588. The van der Waals surface area contributed by atoms with E-state index in [1.54, 1.807) is 6.07 Å². The van der Waals surface area contributed by atoms with Crippen LogP contribution in [0.2, 0.25) is 0 Å². The third kappa shape index (κ3) is 4.55. The first-order valence-corrected chi connectivity index (χ1v) is 7.71. The molecule has 1 unspecified atom stereocenters. The first-order chi connectivity index (χ1) is 10.0. The predicted molar refractivity (Wildman–Crippen MR) is 82.2 cm³/mol. The van der Waals surface area contributed by atoms with Crippen molar-refractivity contribution in [3.8, 4) is 5.75 Å². The zero-order valence-electron chi connectivity index (χ0n) is 12.7. The Morgan fingerprint density at radius 3 is 2.62 bits per heavy atom. The van der Waals surface area contributed by atoms with Crippen molar-refractivity contribution in [2.24, 2.45) is 5.73 Å². The van der Waals surface area contributed by atoms with Crippen molar-refractivity contribution in [1.29, 1.82) is 0 Å². The van der Waals surface area contributed by atoms with Crippen molar-refractivity contribution >= 4 is 5.78 Å². The maximum atomic E-state index is 11.3. The molecule has 1 aromatic carbocycles. The average Bonchev–Trinajstić information content (AvgIpc) is 2.70. The molecule has 1 fully saturated rings. The van der Waals surface area contributed by atoms with Crippen LogP contribution in [0.1, 0.15) is 57.1 Å². The highest BCUT2D eigenvalue weighted by Crippen LogP contribution is 2.28. The van der Waals surface area contributed by atoms with E-state index in [0.717, 1.165) is 31.2 Å². The highest BCUT2D eigenvalue weighted by molar-refractivity contribution is 5.82. The molecule has 3 N–H and O–H groups in total. The number of benzene rings is 1. The second-order valence-electron chi connectivity index (χ2n) is 6.09. The van der Waals surface area contributed by atoms with Crippen LogP contribution in [0.15, 0.2) is 24.3 Å². The van der Waals surface area contributed by atoms with Crippen LogP contribution < -0.4 is 10.5 Å². The molecule has 1 aromatic rings. The van der Waals surface area contributed by atoms with Gasteiger partial charge in [0.1, 0.15) is 12.4 Å². The lowest BCUT2D eigenvalue weighted by Crippen LogP contribution is -2.35. The summed E-state index contributed by atoms with van der Waals surface area (Å²) in [7, 11) is 0. The molecule has 116 valence electrons. The van der Waals surface area contributed by atoms with E-state index in [1.165, 1.54) is 19.8 Å². The van der Waals surface area contributed by atoms with Gasteiger partial charge in [0.05, 0.1) is 11.6 Å². The summed E-state index contributed by atoms with van der Waals surface area (Å²) in [6.45, 7) is 1.78. The van der Waals surface area contributed by atoms with Crippen molar-refractivity contribution in [2.75, 3.05) is 6.61 Å². The van der Waals surface area contributed by atoms with Gasteiger partial charge in [-0.3, -0.25) is 4.79 Å². The molecular formula is C17H25NO3. The van der Waals surface area contributed by atoms with Gasteiger partial charge in [-0.15, -0.1) is 0 Å². The van der Waals surface area contributed by atoms with Crippen LogP contribution in [0.25, 0.3) is 0 Å². The molecular weight excluding hydrogens is 266 g/mol. The van der Waals surface area contributed by atoms with Gasteiger partial charge in [0.2, 0.25) is 0 Å². The molecule has 21 heavy (non-hydrogen) atoms. The summed E-state index contributed by atoms with van der Waals surface area (Å²) in [5.74, 6) is 0.580. The van der Waals surface area contributed by atoms with Crippen molar-refractivity contribution in [3.05, 3.63) is 29.8 Å². The Bertz CT molecular complexity index is 479. The fourth-order valence-electron chi connectivity index (χ4n) is 2.78. The lowest BCUT2D eigenvalue weighted by Gasteiger charge is -2.26. The molecule has 2 rings (SSSR count). The van der Waals surface area contributed by atoms with Gasteiger partial charge in [-0.25, -0.2) is 0 Å². The average molecular weight is 291 g/mol. The first kappa shape index (κ1) is 16.0. The predicted octanol–water partition coefficient (Wildman–Crippen LogP) is 2.74. The summed E-state index contributed by atoms with van der Waals surface area (Å²) < 4.78 is 5.76. The third-order valence-corrected chi connectivity index (χ3v) is 4.20. The second-order valence-corrected chi connectivity index (χ2v) is 6.09. The fourth-order valence-corrected chi connectivity index (χ4v) is 2.78. The zero-order valence-corrected chi connectivity index (χ0v) is 12.7. The van der Waals surface area contributed by atoms with Crippen LogP contribution in [0.4, 0.5) is 0 Å². The summed E-state index contributed by atoms with van der Waals surface area (Å²) in [6.07, 6.45) is 6.06. The van der Waals surface area contributed by atoms with E-state index in [2.05, 4.69) is 0 Å². The standard InChI is InChI=1S/C17H25NO3/c1-13(19)16(18)14-7-6-8-15(11-14)21-12-17(20)9-4-2-3-5-10-17/h6-8,11,16,20H,2-5,9-10,12,18H2,1H3. The van der Waals surface area contributed by atoms with Crippen LogP contribution in [0.3, 0.4) is 0 Å². The Labute approximate surface area is 126 Å². The molecule has 1 atom stereocenters. The number of aliphatic hydroxyl groups is 1. The molecule has 1 aliphatic carbocycles. The largest absolute Gasteiger partial charge is 0.491 e. The molecule has 1 aliphatic rings. The van der Waals surface area contributed by atoms with Crippen LogP contribution in [0, 0.1) is 0 Å². The number of hydrogen-bond donors (Lipinski definition) is 2. The lowest BCUT2D eigenvalue weighted by molar-refractivity contribution is -0.118. The van der Waals surface area contributed by atoms with E-state index < -0.39 is 11.6 Å².